The molecule has 0 aromatic heterocycles. The third kappa shape index (κ3) is 4.85. The van der Waals surface area contributed by atoms with E-state index < -0.39 is 5.44 Å². The summed E-state index contributed by atoms with van der Waals surface area (Å²) in [5.41, 5.74) is -0.571. The highest BCUT2D eigenvalue weighted by atomic mass is 32.2. The summed E-state index contributed by atoms with van der Waals surface area (Å²) in [5, 5.41) is 9.54. The van der Waals surface area contributed by atoms with Crippen molar-refractivity contribution in [1.82, 2.24) is 0 Å². The van der Waals surface area contributed by atoms with Crippen molar-refractivity contribution in [3.63, 3.8) is 0 Å². The Bertz CT molecular complexity index is 268. The summed E-state index contributed by atoms with van der Waals surface area (Å²) < 4.78 is 9.92. The lowest BCUT2D eigenvalue weighted by atomic mass is 10.1. The molecule has 1 N–H and O–H groups in total. The number of esters is 2. The van der Waals surface area contributed by atoms with Gasteiger partial charge in [-0.3, -0.25) is 9.59 Å². The molecule has 0 bridgehead atoms. The second kappa shape index (κ2) is 6.10. The Morgan fingerprint density at radius 2 is 2.00 bits per heavy atom. The minimum absolute atomic E-state index is 0.0167. The van der Waals surface area contributed by atoms with E-state index in [1.807, 2.05) is 0 Å². The molecular weight excluding hydrogens is 232 g/mol. The van der Waals surface area contributed by atoms with Gasteiger partial charge in [-0.1, -0.05) is 0 Å². The second-order valence-corrected chi connectivity index (χ2v) is 5.20. The number of aliphatic hydroxyl groups excluding tert-OH is 1. The average molecular weight is 248 g/mol. The van der Waals surface area contributed by atoms with E-state index in [0.29, 0.717) is 12.8 Å². The molecule has 1 aliphatic heterocycles. The van der Waals surface area contributed by atoms with Crippen LogP contribution in [0.15, 0.2) is 0 Å². The Labute approximate surface area is 98.5 Å². The Kier molecular flexibility index (Phi) is 5.08. The van der Waals surface area contributed by atoms with Crippen LogP contribution in [0.1, 0.15) is 26.7 Å². The number of aliphatic hydroxyl groups is 1. The van der Waals surface area contributed by atoms with Crippen LogP contribution in [0.25, 0.3) is 0 Å². The number of thioether (sulfide) groups is 1. The van der Waals surface area contributed by atoms with Gasteiger partial charge in [0.1, 0.15) is 18.1 Å². The number of carbonyl (C=O) groups is 2. The summed E-state index contributed by atoms with van der Waals surface area (Å²) in [6.45, 7) is 2.93. The third-order valence-electron chi connectivity index (χ3n) is 2.14. The molecule has 0 saturated carbocycles. The molecule has 0 radical (unpaired) electrons. The van der Waals surface area contributed by atoms with Crippen molar-refractivity contribution in [2.24, 2.45) is 0 Å². The molecule has 0 aliphatic carbocycles. The molecule has 1 rings (SSSR count). The zero-order chi connectivity index (χ0) is 12.1. The van der Waals surface area contributed by atoms with Crippen LogP contribution in [0, 0.1) is 0 Å². The fourth-order valence-corrected chi connectivity index (χ4v) is 2.84. The maximum Gasteiger partial charge on any atom is 0.302 e. The lowest BCUT2D eigenvalue weighted by molar-refractivity contribution is -0.149. The van der Waals surface area contributed by atoms with Crippen molar-refractivity contribution in [3.8, 4) is 0 Å². The van der Waals surface area contributed by atoms with E-state index in [0.717, 1.165) is 0 Å². The second-order valence-electron chi connectivity index (χ2n) is 3.72. The van der Waals surface area contributed by atoms with Crippen molar-refractivity contribution >= 4 is 23.7 Å². The Balaban J connectivity index is 2.40. The fourth-order valence-electron chi connectivity index (χ4n) is 1.60. The minimum atomic E-state index is -0.571. The van der Waals surface area contributed by atoms with Crippen molar-refractivity contribution in [2.45, 2.75) is 43.5 Å². The number of carbonyl (C=O) groups excluding carboxylic acids is 2. The Hall–Kier alpha value is -0.750. The van der Waals surface area contributed by atoms with Gasteiger partial charge >= 0.3 is 11.9 Å². The molecule has 0 spiro atoms. The summed E-state index contributed by atoms with van der Waals surface area (Å²) in [4.78, 5) is 21.4. The van der Waals surface area contributed by atoms with Gasteiger partial charge in [0, 0.05) is 25.5 Å². The van der Waals surface area contributed by atoms with E-state index in [4.69, 9.17) is 9.47 Å². The van der Waals surface area contributed by atoms with Crippen molar-refractivity contribution in [1.29, 1.82) is 0 Å². The van der Waals surface area contributed by atoms with Gasteiger partial charge in [0.15, 0.2) is 0 Å². The molecule has 5 nitrogen and oxygen atoms in total. The van der Waals surface area contributed by atoms with Crippen molar-refractivity contribution in [3.05, 3.63) is 0 Å². The predicted molar refractivity (Wildman–Crippen MR) is 58.8 cm³/mol. The molecule has 3 unspecified atom stereocenters. The molecule has 1 heterocycles. The van der Waals surface area contributed by atoms with Crippen LogP contribution in [0.4, 0.5) is 0 Å². The zero-order valence-electron chi connectivity index (χ0n) is 9.34. The maximum absolute atomic E-state index is 10.8. The zero-order valence-corrected chi connectivity index (χ0v) is 10.2. The molecule has 92 valence electrons. The van der Waals surface area contributed by atoms with Crippen LogP contribution < -0.4 is 0 Å². The number of hydrogen-bond acceptors (Lipinski definition) is 6. The Morgan fingerprint density at radius 1 is 1.31 bits per heavy atom. The van der Waals surface area contributed by atoms with E-state index in [-0.39, 0.29) is 29.9 Å². The number of rotatable bonds is 3. The lowest BCUT2D eigenvalue weighted by Gasteiger charge is -2.31. The number of ether oxygens (including phenoxy) is 2. The minimum Gasteiger partial charge on any atom is -0.465 e. The van der Waals surface area contributed by atoms with Gasteiger partial charge in [0.25, 0.3) is 0 Å². The SMILES string of the molecule is CC(=O)OCC1CC(OC(C)=O)CC(O)S1. The van der Waals surface area contributed by atoms with Gasteiger partial charge in [-0.15, -0.1) is 11.8 Å². The highest BCUT2D eigenvalue weighted by Gasteiger charge is 2.30. The molecular formula is C10H16O5S. The van der Waals surface area contributed by atoms with Gasteiger partial charge in [-0.05, 0) is 6.42 Å². The summed E-state index contributed by atoms with van der Waals surface area (Å²) in [6.07, 6.45) is 0.754. The topological polar surface area (TPSA) is 72.8 Å². The molecule has 3 atom stereocenters. The molecule has 1 saturated heterocycles. The third-order valence-corrected chi connectivity index (χ3v) is 3.37. The summed E-state index contributed by atoms with van der Waals surface area (Å²) in [6, 6.07) is 0. The van der Waals surface area contributed by atoms with Gasteiger partial charge in [0.05, 0.1) is 0 Å². The number of hydrogen-bond donors (Lipinski definition) is 1. The maximum atomic E-state index is 10.8. The molecule has 1 aliphatic rings. The first-order chi connectivity index (χ1) is 7.47. The van der Waals surface area contributed by atoms with E-state index in [9.17, 15) is 14.7 Å². The van der Waals surface area contributed by atoms with Crippen LogP contribution in [-0.2, 0) is 19.1 Å². The van der Waals surface area contributed by atoms with Gasteiger partial charge < -0.3 is 14.6 Å². The highest BCUT2D eigenvalue weighted by molar-refractivity contribution is 8.00. The van der Waals surface area contributed by atoms with Crippen LogP contribution in [0.2, 0.25) is 0 Å². The normalized spacial score (nSPS) is 29.6. The monoisotopic (exact) mass is 248 g/mol. The van der Waals surface area contributed by atoms with Crippen LogP contribution >= 0.6 is 11.8 Å². The van der Waals surface area contributed by atoms with Crippen molar-refractivity contribution in [2.75, 3.05) is 6.61 Å². The van der Waals surface area contributed by atoms with Gasteiger partial charge in [-0.25, -0.2) is 0 Å². The van der Waals surface area contributed by atoms with Gasteiger partial charge in [0.2, 0.25) is 0 Å². The van der Waals surface area contributed by atoms with Crippen LogP contribution in [0.3, 0.4) is 0 Å². The molecule has 0 aromatic rings. The molecule has 0 aromatic carbocycles. The largest absolute Gasteiger partial charge is 0.465 e. The lowest BCUT2D eigenvalue weighted by Crippen LogP contribution is -2.34. The fraction of sp³-hybridized carbons (Fsp3) is 0.800. The molecule has 6 heteroatoms. The van der Waals surface area contributed by atoms with Crippen LogP contribution in [-0.4, -0.2) is 40.4 Å². The quantitative estimate of drug-likeness (QED) is 0.741. The Morgan fingerprint density at radius 3 is 2.56 bits per heavy atom. The smallest absolute Gasteiger partial charge is 0.302 e. The molecule has 1 fully saturated rings. The standard InChI is InChI=1S/C10H16O5S/c1-6(11)14-5-9-3-8(15-7(2)12)4-10(13)16-9/h8-10,13H,3-5H2,1-2H3. The first-order valence-corrected chi connectivity index (χ1v) is 6.05. The summed E-state index contributed by atoms with van der Waals surface area (Å²) in [5.74, 6) is -0.694. The average Bonchev–Trinajstić information content (AvgIpc) is 2.12. The van der Waals surface area contributed by atoms with E-state index in [1.165, 1.54) is 25.6 Å². The highest BCUT2D eigenvalue weighted by Crippen LogP contribution is 2.32. The van der Waals surface area contributed by atoms with Crippen LogP contribution in [0.5, 0.6) is 0 Å². The van der Waals surface area contributed by atoms with E-state index in [2.05, 4.69) is 0 Å². The van der Waals surface area contributed by atoms with E-state index in [1.54, 1.807) is 0 Å². The van der Waals surface area contributed by atoms with E-state index >= 15 is 0 Å². The van der Waals surface area contributed by atoms with Crippen molar-refractivity contribution < 1.29 is 24.2 Å². The first-order valence-electron chi connectivity index (χ1n) is 5.11. The first kappa shape index (κ1) is 13.3. The molecule has 16 heavy (non-hydrogen) atoms. The predicted octanol–water partition coefficient (Wildman–Crippen LogP) is 0.695. The van der Waals surface area contributed by atoms with Gasteiger partial charge in [-0.2, -0.15) is 0 Å². The summed E-state index contributed by atoms with van der Waals surface area (Å²) >= 11 is 1.35. The molecule has 0 amide bonds. The summed E-state index contributed by atoms with van der Waals surface area (Å²) in [7, 11) is 0.